The minimum atomic E-state index is -0.424. The van der Waals surface area contributed by atoms with E-state index >= 15 is 0 Å². The van der Waals surface area contributed by atoms with E-state index in [0.717, 1.165) is 108 Å². The van der Waals surface area contributed by atoms with Crippen molar-refractivity contribution in [1.82, 2.24) is 79.0 Å². The lowest BCUT2D eigenvalue weighted by Crippen LogP contribution is -2.54. The third kappa shape index (κ3) is 9.35. The molecule has 7 aromatic heterocycles. The van der Waals surface area contributed by atoms with E-state index in [1.165, 1.54) is 0 Å². The van der Waals surface area contributed by atoms with Crippen molar-refractivity contribution in [2.24, 2.45) is 11.0 Å². The third-order valence-electron chi connectivity index (χ3n) is 18.5. The number of aromatic nitrogens is 13. The standard InChI is InChI=1S/C74H65N21/c1-40(56(76)48-27-15-9-16-28-48)64-82-68(91-70(83-64)43(4)58(85-91)49-29-17-10-18-30-49)41(2)57(77)66-79-65(54(75)39-55-78-69-42(3)59(50-31-19-11-20-32-50)86-92(69)71-44(5)60(84-90(55)71)51-33-21-12-22-34-51)80-67(81-66)63-47(8)74-94-72(45(6)61(88-94)52-35-23-13-24-36-52)93-73(95(74)89-63)46(7)62(87-93)53-37-25-14-26-38-53/h9-10,12-19,21-39,43,70,75-78,82-83H,11,20H2,1-8H3/b55-39+,64-40-,68-41+,75-54?,76-56?,77-57?. The second kappa shape index (κ2) is 22.5. The van der Waals surface area contributed by atoms with E-state index in [1.807, 2.05) is 178 Å². The second-order valence-corrected chi connectivity index (χ2v) is 24.5. The molecule has 5 aromatic carbocycles. The molecule has 1 saturated heterocycles. The largest absolute Gasteiger partial charge is 0.349 e. The zero-order chi connectivity index (χ0) is 65.1. The Bertz CT molecular complexity index is 5380. The Morgan fingerprint density at radius 3 is 1.60 bits per heavy atom. The van der Waals surface area contributed by atoms with Crippen LogP contribution < -0.4 is 16.0 Å². The molecule has 10 heterocycles. The van der Waals surface area contributed by atoms with Crippen molar-refractivity contribution < 1.29 is 0 Å². The fourth-order valence-electron chi connectivity index (χ4n) is 13.4. The molecule has 466 valence electrons. The summed E-state index contributed by atoms with van der Waals surface area (Å²) in [5.74, 6) is 2.89. The zero-order valence-electron chi connectivity index (χ0n) is 53.5. The van der Waals surface area contributed by atoms with Crippen LogP contribution in [0, 0.1) is 56.8 Å². The lowest BCUT2D eigenvalue weighted by atomic mass is 9.95. The normalized spacial score (nSPS) is 17.3. The predicted octanol–water partition coefficient (Wildman–Crippen LogP) is 13.2. The summed E-state index contributed by atoms with van der Waals surface area (Å²) in [6.07, 6.45) is 9.66. The fourth-order valence-corrected chi connectivity index (χ4v) is 13.4. The number of benzene rings is 5. The van der Waals surface area contributed by atoms with Crippen LogP contribution in [0.4, 0.5) is 5.82 Å². The van der Waals surface area contributed by atoms with Gasteiger partial charge >= 0.3 is 0 Å². The van der Waals surface area contributed by atoms with E-state index in [0.29, 0.717) is 62.7 Å². The summed E-state index contributed by atoms with van der Waals surface area (Å²) in [5.41, 5.74) is 17.6. The molecule has 16 rings (SSSR count). The number of fused-ring (bicyclic) bond motifs is 10. The van der Waals surface area contributed by atoms with E-state index < -0.39 is 6.17 Å². The molecule has 1 aliphatic carbocycles. The smallest absolute Gasteiger partial charge is 0.184 e. The third-order valence-corrected chi connectivity index (χ3v) is 18.5. The fraction of sp³-hybridized carbons (Fsp3) is 0.162. The summed E-state index contributed by atoms with van der Waals surface area (Å²) in [6.45, 7) is 16.1. The van der Waals surface area contributed by atoms with Gasteiger partial charge in [-0.3, -0.25) is 16.2 Å². The van der Waals surface area contributed by atoms with E-state index in [1.54, 1.807) is 10.8 Å². The number of nitrogens with zero attached hydrogens (tertiary/aromatic N) is 15. The van der Waals surface area contributed by atoms with Crippen LogP contribution in [0.2, 0.25) is 0 Å². The Hall–Kier alpha value is -12.3. The van der Waals surface area contributed by atoms with Gasteiger partial charge in [-0.15, -0.1) is 0 Å². The van der Waals surface area contributed by atoms with Crippen molar-refractivity contribution in [1.29, 1.82) is 16.2 Å². The molecular formula is C74H65N21. The average molecular weight is 1250 g/mol. The van der Waals surface area contributed by atoms with Gasteiger partial charge in [0.2, 0.25) is 0 Å². The molecule has 2 unspecified atom stereocenters. The molecule has 12 aromatic rings. The molecule has 0 saturated carbocycles. The van der Waals surface area contributed by atoms with Crippen molar-refractivity contribution in [3.63, 3.8) is 0 Å². The first-order valence-electron chi connectivity index (χ1n) is 31.7. The number of hydrazone groups is 1. The summed E-state index contributed by atoms with van der Waals surface area (Å²) in [6, 6.07) is 50.0. The maximum Gasteiger partial charge on any atom is 0.184 e. The summed E-state index contributed by atoms with van der Waals surface area (Å²) < 4.78 is 9.39. The number of rotatable bonds is 12. The molecule has 0 amide bonds. The molecule has 6 N–H and O–H groups in total. The number of aryl methyl sites for hydroxylation is 3. The highest BCUT2D eigenvalue weighted by Gasteiger charge is 2.42. The maximum atomic E-state index is 10.4. The van der Waals surface area contributed by atoms with Crippen molar-refractivity contribution in [2.45, 2.75) is 74.4 Å². The van der Waals surface area contributed by atoms with Gasteiger partial charge in [-0.25, -0.2) is 20.0 Å². The van der Waals surface area contributed by atoms with E-state index in [2.05, 4.69) is 86.1 Å². The molecule has 1 fully saturated rings. The van der Waals surface area contributed by atoms with Crippen molar-refractivity contribution in [2.75, 3.05) is 5.32 Å². The van der Waals surface area contributed by atoms with Crippen molar-refractivity contribution in [3.05, 3.63) is 255 Å². The van der Waals surface area contributed by atoms with Crippen LogP contribution in [0.25, 0.3) is 79.4 Å². The van der Waals surface area contributed by atoms with Gasteiger partial charge in [0.05, 0.1) is 34.2 Å². The molecule has 0 radical (unpaired) electrons. The second-order valence-electron chi connectivity index (χ2n) is 24.5. The van der Waals surface area contributed by atoms with Crippen LogP contribution in [-0.4, -0.2) is 97.4 Å². The van der Waals surface area contributed by atoms with Gasteiger partial charge in [-0.1, -0.05) is 177 Å². The number of allylic oxidation sites excluding steroid dienone is 7. The quantitative estimate of drug-likeness (QED) is 0.0625. The molecule has 21 nitrogen and oxygen atoms in total. The molecular weight excluding hydrogens is 1180 g/mol. The van der Waals surface area contributed by atoms with Crippen molar-refractivity contribution in [3.8, 4) is 51.1 Å². The van der Waals surface area contributed by atoms with E-state index in [9.17, 15) is 16.2 Å². The van der Waals surface area contributed by atoms with Crippen LogP contribution in [0.5, 0.6) is 0 Å². The van der Waals surface area contributed by atoms with Gasteiger partial charge < -0.3 is 16.0 Å². The first-order chi connectivity index (χ1) is 46.2. The van der Waals surface area contributed by atoms with E-state index in [-0.39, 0.29) is 34.8 Å². The molecule has 4 aliphatic rings. The van der Waals surface area contributed by atoms with Gasteiger partial charge in [-0.05, 0) is 78.0 Å². The highest BCUT2D eigenvalue weighted by atomic mass is 15.6. The van der Waals surface area contributed by atoms with E-state index in [4.69, 9.17) is 45.5 Å². The predicted molar refractivity (Wildman–Crippen MR) is 371 cm³/mol. The highest BCUT2D eigenvalue weighted by Crippen LogP contribution is 2.41. The van der Waals surface area contributed by atoms with Crippen molar-refractivity contribution >= 4 is 57.0 Å². The molecule has 21 heteroatoms. The number of hydrogen-bond acceptors (Lipinski definition) is 16. The van der Waals surface area contributed by atoms with Gasteiger partial charge in [0.1, 0.15) is 46.6 Å². The molecule has 0 bridgehead atoms. The summed E-state index contributed by atoms with van der Waals surface area (Å²) in [5, 5.41) is 75.0. The average Bonchev–Trinajstić information content (AvgIpc) is 1.55. The maximum absolute atomic E-state index is 10.4. The van der Waals surface area contributed by atoms with Gasteiger partial charge in [0.25, 0.3) is 0 Å². The summed E-state index contributed by atoms with van der Waals surface area (Å²) in [7, 11) is 0. The zero-order valence-corrected chi connectivity index (χ0v) is 53.5. The van der Waals surface area contributed by atoms with Crippen LogP contribution in [0.1, 0.15) is 89.9 Å². The Kier molecular flexibility index (Phi) is 13.7. The topological polar surface area (TPSA) is 249 Å². The van der Waals surface area contributed by atoms with Gasteiger partial charge in [0.15, 0.2) is 40.2 Å². The lowest BCUT2D eigenvalue weighted by molar-refractivity contribution is 0.189. The first kappa shape index (κ1) is 57.9. The number of nitrogens with one attached hydrogen (secondary N) is 6. The summed E-state index contributed by atoms with van der Waals surface area (Å²) >= 11 is 0. The highest BCUT2D eigenvalue weighted by molar-refractivity contribution is 6.12. The SMILES string of the molecule is C/C(C(=N)c1ccccc1)=C1\N/C(=C(/C)C(=N)c2nc(C(=N)/C=C3\Nc4c(C)c(C5=CCCC=C5)nn4-c4c(C)c(-c5ccccc5)nn43)nc(-c3nn4c5c(C)c(-c6ccccc6)nn5c5c(C)c(-c6ccccc6)nn5c4c3C)n2)N2N=C(c3ccccc3)C(C)C2N1. The van der Waals surface area contributed by atoms with Crippen LogP contribution >= 0.6 is 0 Å². The Morgan fingerprint density at radius 1 is 0.516 bits per heavy atom. The molecule has 3 aliphatic heterocycles. The summed E-state index contributed by atoms with van der Waals surface area (Å²) in [4.78, 5) is 15.6. The Morgan fingerprint density at radius 2 is 1.03 bits per heavy atom. The van der Waals surface area contributed by atoms with Crippen LogP contribution in [0.15, 0.2) is 204 Å². The van der Waals surface area contributed by atoms with Gasteiger partial charge in [-0.2, -0.15) is 53.5 Å². The number of hydrogen-bond donors (Lipinski definition) is 6. The Labute approximate surface area is 546 Å². The minimum absolute atomic E-state index is 0.0280. The Balaban J connectivity index is 0.908. The first-order valence-corrected chi connectivity index (χ1v) is 31.7. The van der Waals surface area contributed by atoms with Crippen LogP contribution in [0.3, 0.4) is 0 Å². The lowest BCUT2D eigenvalue weighted by Gasteiger charge is -2.38. The van der Waals surface area contributed by atoms with Gasteiger partial charge in [0, 0.05) is 67.6 Å². The molecule has 0 spiro atoms. The minimum Gasteiger partial charge on any atom is -0.349 e. The van der Waals surface area contributed by atoms with Crippen LogP contribution in [-0.2, 0) is 0 Å². The number of anilines is 1. The molecule has 2 atom stereocenters. The molecule has 95 heavy (non-hydrogen) atoms. The monoisotopic (exact) mass is 1250 g/mol.